The number of terminal acetylenes is 1. The van der Waals surface area contributed by atoms with Gasteiger partial charge in [0.15, 0.2) is 5.60 Å². The molecule has 0 bridgehead atoms. The molecule has 17 heavy (non-hydrogen) atoms. The summed E-state index contributed by atoms with van der Waals surface area (Å²) >= 11 is 5.81. The lowest BCUT2D eigenvalue weighted by atomic mass is 9.88. The summed E-state index contributed by atoms with van der Waals surface area (Å²) in [5.41, 5.74) is -0.319. The van der Waals surface area contributed by atoms with E-state index < -0.39 is 5.60 Å². The van der Waals surface area contributed by atoms with Crippen molar-refractivity contribution in [2.24, 2.45) is 0 Å². The van der Waals surface area contributed by atoms with Crippen molar-refractivity contribution in [1.29, 1.82) is 0 Å². The first kappa shape index (κ1) is 11.7. The molecule has 0 saturated carbocycles. The molecular weight excluding hydrogens is 234 g/mol. The van der Waals surface area contributed by atoms with Gasteiger partial charge in [0.25, 0.3) is 0 Å². The van der Waals surface area contributed by atoms with Gasteiger partial charge in [-0.15, -0.1) is 6.42 Å². The van der Waals surface area contributed by atoms with Crippen LogP contribution >= 0.6 is 11.6 Å². The highest BCUT2D eigenvalue weighted by atomic mass is 35.5. The van der Waals surface area contributed by atoms with Crippen LogP contribution in [-0.4, -0.2) is 10.1 Å². The van der Waals surface area contributed by atoms with Crippen LogP contribution in [0.2, 0.25) is 5.02 Å². The Hall–Kier alpha value is -1.82. The SMILES string of the molecule is C#CC(O)(c1ccc(Cl)cc1)c1cccnc1. The minimum absolute atomic E-state index is 0.560. The Bertz CT molecular complexity index is 545. The zero-order chi connectivity index (χ0) is 12.3. The van der Waals surface area contributed by atoms with Gasteiger partial charge in [-0.3, -0.25) is 4.98 Å². The molecule has 2 rings (SSSR count). The van der Waals surface area contributed by atoms with E-state index in [1.807, 2.05) is 0 Å². The fourth-order valence-electron chi connectivity index (χ4n) is 1.60. The molecule has 1 unspecified atom stereocenters. The molecule has 1 heterocycles. The van der Waals surface area contributed by atoms with Crippen LogP contribution in [0.25, 0.3) is 0 Å². The van der Waals surface area contributed by atoms with E-state index >= 15 is 0 Å². The van der Waals surface area contributed by atoms with Crippen LogP contribution in [0.4, 0.5) is 0 Å². The van der Waals surface area contributed by atoms with Crippen LogP contribution in [0.1, 0.15) is 11.1 Å². The van der Waals surface area contributed by atoms with Crippen molar-refractivity contribution in [1.82, 2.24) is 4.98 Å². The highest BCUT2D eigenvalue weighted by molar-refractivity contribution is 6.30. The monoisotopic (exact) mass is 243 g/mol. The maximum absolute atomic E-state index is 10.5. The van der Waals surface area contributed by atoms with Gasteiger partial charge in [-0.1, -0.05) is 35.7 Å². The predicted octanol–water partition coefficient (Wildman–Crippen LogP) is 2.60. The second kappa shape index (κ2) is 4.58. The molecule has 0 aliphatic heterocycles. The van der Waals surface area contributed by atoms with Crippen molar-refractivity contribution in [3.05, 3.63) is 64.9 Å². The fourth-order valence-corrected chi connectivity index (χ4v) is 1.73. The molecule has 0 radical (unpaired) electrons. The number of halogens is 1. The van der Waals surface area contributed by atoms with Crippen molar-refractivity contribution in [2.75, 3.05) is 0 Å². The maximum Gasteiger partial charge on any atom is 0.178 e. The third kappa shape index (κ3) is 2.16. The maximum atomic E-state index is 10.5. The van der Waals surface area contributed by atoms with Crippen molar-refractivity contribution in [3.8, 4) is 12.3 Å². The van der Waals surface area contributed by atoms with E-state index in [0.29, 0.717) is 16.1 Å². The third-order valence-corrected chi connectivity index (χ3v) is 2.80. The van der Waals surface area contributed by atoms with Gasteiger partial charge in [0.05, 0.1) is 0 Å². The number of rotatable bonds is 2. The second-order valence-electron chi connectivity index (χ2n) is 3.60. The quantitative estimate of drug-likeness (QED) is 0.823. The van der Waals surface area contributed by atoms with Crippen molar-refractivity contribution in [3.63, 3.8) is 0 Å². The molecule has 0 saturated heterocycles. The predicted molar refractivity (Wildman–Crippen MR) is 67.5 cm³/mol. The van der Waals surface area contributed by atoms with E-state index in [-0.39, 0.29) is 0 Å². The Morgan fingerprint density at radius 3 is 2.41 bits per heavy atom. The van der Waals surface area contributed by atoms with Gasteiger partial charge in [-0.25, -0.2) is 0 Å². The first-order chi connectivity index (χ1) is 8.16. The Labute approximate surface area is 105 Å². The molecule has 2 nitrogen and oxygen atoms in total. The molecule has 0 aliphatic rings. The lowest BCUT2D eigenvalue weighted by Gasteiger charge is -2.22. The normalized spacial score (nSPS) is 13.7. The van der Waals surface area contributed by atoms with Crippen LogP contribution in [0.15, 0.2) is 48.8 Å². The van der Waals surface area contributed by atoms with Gasteiger partial charge in [0.1, 0.15) is 0 Å². The molecule has 3 heteroatoms. The summed E-state index contributed by atoms with van der Waals surface area (Å²) < 4.78 is 0. The summed E-state index contributed by atoms with van der Waals surface area (Å²) in [6.07, 6.45) is 8.63. The van der Waals surface area contributed by atoms with Crippen LogP contribution in [0, 0.1) is 12.3 Å². The van der Waals surface area contributed by atoms with E-state index in [1.54, 1.807) is 48.8 Å². The number of aliphatic hydroxyl groups is 1. The highest BCUT2D eigenvalue weighted by Gasteiger charge is 2.29. The average Bonchev–Trinajstić information content (AvgIpc) is 2.40. The molecule has 84 valence electrons. The lowest BCUT2D eigenvalue weighted by Crippen LogP contribution is -2.25. The Balaban J connectivity index is 2.53. The molecule has 1 aromatic carbocycles. The van der Waals surface area contributed by atoms with Gasteiger partial charge >= 0.3 is 0 Å². The molecule has 0 amide bonds. The number of hydrogen-bond acceptors (Lipinski definition) is 2. The minimum atomic E-state index is -1.47. The van der Waals surface area contributed by atoms with Crippen LogP contribution in [0.5, 0.6) is 0 Å². The number of hydrogen-bond donors (Lipinski definition) is 1. The van der Waals surface area contributed by atoms with Gasteiger partial charge in [-0.05, 0) is 18.2 Å². The first-order valence-corrected chi connectivity index (χ1v) is 5.41. The molecule has 2 aromatic rings. The van der Waals surface area contributed by atoms with Crippen molar-refractivity contribution >= 4 is 11.6 Å². The molecular formula is C14H10ClNO. The zero-order valence-corrected chi connectivity index (χ0v) is 9.72. The highest BCUT2D eigenvalue weighted by Crippen LogP contribution is 2.29. The Morgan fingerprint density at radius 1 is 1.18 bits per heavy atom. The summed E-state index contributed by atoms with van der Waals surface area (Å²) in [7, 11) is 0. The van der Waals surface area contributed by atoms with Gasteiger partial charge in [0.2, 0.25) is 0 Å². The second-order valence-corrected chi connectivity index (χ2v) is 4.04. The van der Waals surface area contributed by atoms with Gasteiger partial charge < -0.3 is 5.11 Å². The summed E-state index contributed by atoms with van der Waals surface area (Å²) in [5, 5.41) is 11.1. The first-order valence-electron chi connectivity index (χ1n) is 5.03. The Morgan fingerprint density at radius 2 is 1.88 bits per heavy atom. The molecule has 0 spiro atoms. The standard InChI is InChI=1S/C14H10ClNO/c1-2-14(17,12-4-3-9-16-10-12)11-5-7-13(15)8-6-11/h1,3-10,17H. The largest absolute Gasteiger partial charge is 0.369 e. The third-order valence-electron chi connectivity index (χ3n) is 2.55. The molecule has 1 N–H and O–H groups in total. The number of nitrogens with zero attached hydrogens (tertiary/aromatic N) is 1. The zero-order valence-electron chi connectivity index (χ0n) is 8.97. The topological polar surface area (TPSA) is 33.1 Å². The smallest absolute Gasteiger partial charge is 0.178 e. The summed E-state index contributed by atoms with van der Waals surface area (Å²) in [4.78, 5) is 3.96. The lowest BCUT2D eigenvalue weighted by molar-refractivity contribution is 0.145. The average molecular weight is 244 g/mol. The van der Waals surface area contributed by atoms with Gasteiger partial charge in [-0.2, -0.15) is 0 Å². The van der Waals surface area contributed by atoms with E-state index in [0.717, 1.165) is 0 Å². The van der Waals surface area contributed by atoms with Gasteiger partial charge in [0, 0.05) is 28.5 Å². The number of benzene rings is 1. The summed E-state index contributed by atoms with van der Waals surface area (Å²) in [6, 6.07) is 10.3. The molecule has 1 aromatic heterocycles. The molecule has 1 atom stereocenters. The van der Waals surface area contributed by atoms with Crippen LogP contribution in [-0.2, 0) is 5.60 Å². The van der Waals surface area contributed by atoms with E-state index in [9.17, 15) is 5.11 Å². The number of aromatic nitrogens is 1. The van der Waals surface area contributed by atoms with Crippen molar-refractivity contribution < 1.29 is 5.11 Å². The minimum Gasteiger partial charge on any atom is -0.369 e. The van der Waals surface area contributed by atoms with E-state index in [2.05, 4.69) is 10.9 Å². The summed E-state index contributed by atoms with van der Waals surface area (Å²) in [5.74, 6) is 2.40. The molecule has 0 aliphatic carbocycles. The van der Waals surface area contributed by atoms with E-state index in [1.165, 1.54) is 0 Å². The van der Waals surface area contributed by atoms with Crippen molar-refractivity contribution in [2.45, 2.75) is 5.60 Å². The van der Waals surface area contributed by atoms with E-state index in [4.69, 9.17) is 18.0 Å². The molecule has 0 fully saturated rings. The fraction of sp³-hybridized carbons (Fsp3) is 0.0714. The van der Waals surface area contributed by atoms with Crippen LogP contribution in [0.3, 0.4) is 0 Å². The number of pyridine rings is 1. The Kier molecular flexibility index (Phi) is 3.14. The summed E-state index contributed by atoms with van der Waals surface area (Å²) in [6.45, 7) is 0. The van der Waals surface area contributed by atoms with Crippen LogP contribution < -0.4 is 0 Å².